The van der Waals surface area contributed by atoms with Crippen molar-refractivity contribution in [2.75, 3.05) is 5.32 Å². The van der Waals surface area contributed by atoms with Crippen molar-refractivity contribution in [1.29, 1.82) is 0 Å². The minimum Gasteiger partial charge on any atom is -0.324 e. The number of nitrogens with zero attached hydrogens (tertiary/aromatic N) is 3. The number of rotatable bonds is 4. The normalized spacial score (nSPS) is 14.1. The molecule has 1 fully saturated rings. The zero-order valence-corrected chi connectivity index (χ0v) is 13.9. The van der Waals surface area contributed by atoms with E-state index in [9.17, 15) is 4.79 Å². The molecule has 5 nitrogen and oxygen atoms in total. The highest BCUT2D eigenvalue weighted by molar-refractivity contribution is 5.92. The second kappa shape index (κ2) is 5.74. The van der Waals surface area contributed by atoms with Crippen LogP contribution in [-0.2, 0) is 11.3 Å². The lowest BCUT2D eigenvalue weighted by molar-refractivity contribution is -0.116. The topological polar surface area (TPSA) is 59.8 Å². The van der Waals surface area contributed by atoms with Gasteiger partial charge in [-0.15, -0.1) is 0 Å². The fourth-order valence-corrected chi connectivity index (χ4v) is 3.13. The zero-order chi connectivity index (χ0) is 16.7. The molecule has 1 aliphatic carbocycles. The lowest BCUT2D eigenvalue weighted by atomic mass is 10.1. The molecule has 1 aromatic carbocycles. The van der Waals surface area contributed by atoms with Gasteiger partial charge in [-0.3, -0.25) is 4.79 Å². The van der Waals surface area contributed by atoms with Crippen molar-refractivity contribution >= 4 is 22.6 Å². The van der Waals surface area contributed by atoms with Crippen LogP contribution < -0.4 is 5.32 Å². The van der Waals surface area contributed by atoms with Crippen molar-refractivity contribution in [1.82, 2.24) is 14.8 Å². The Balaban J connectivity index is 1.59. The molecule has 4 rings (SSSR count). The number of amides is 1. The second-order valence-electron chi connectivity index (χ2n) is 6.53. The number of pyridine rings is 1. The van der Waals surface area contributed by atoms with Gasteiger partial charge in [0.1, 0.15) is 6.54 Å². The second-order valence-corrected chi connectivity index (χ2v) is 6.53. The lowest BCUT2D eigenvalue weighted by Gasteiger charge is -2.07. The van der Waals surface area contributed by atoms with Crippen LogP contribution in [0.3, 0.4) is 0 Å². The number of hydrogen-bond acceptors (Lipinski definition) is 3. The molecule has 24 heavy (non-hydrogen) atoms. The number of anilines is 1. The number of hydrogen-bond donors (Lipinski definition) is 1. The highest BCUT2D eigenvalue weighted by Gasteiger charge is 2.27. The maximum Gasteiger partial charge on any atom is 0.246 e. The molecule has 0 unspecified atom stereocenters. The molecule has 1 saturated carbocycles. The quantitative estimate of drug-likeness (QED) is 0.799. The molecule has 2 heterocycles. The highest BCUT2D eigenvalue weighted by Crippen LogP contribution is 2.43. The Bertz CT molecular complexity index is 907. The first-order valence-corrected chi connectivity index (χ1v) is 8.30. The summed E-state index contributed by atoms with van der Waals surface area (Å²) in [5, 5.41) is 8.58. The standard InChI is InChI=1S/C19H20N4O/c1-12-3-7-15(8-4-12)21-17(24)11-23-19-18(13(2)22-23)16(9-10-20-19)14-5-6-14/h3-4,7-10,14H,5-6,11H2,1-2H3,(H,21,24). The average molecular weight is 320 g/mol. The number of carbonyl (C=O) groups is 1. The Labute approximate surface area is 140 Å². The number of nitrogens with one attached hydrogen (secondary N) is 1. The van der Waals surface area contributed by atoms with E-state index in [1.54, 1.807) is 4.68 Å². The van der Waals surface area contributed by atoms with Gasteiger partial charge in [-0.1, -0.05) is 17.7 Å². The van der Waals surface area contributed by atoms with Crippen molar-refractivity contribution in [2.24, 2.45) is 0 Å². The molecule has 0 aliphatic heterocycles. The van der Waals surface area contributed by atoms with Gasteiger partial charge >= 0.3 is 0 Å². The van der Waals surface area contributed by atoms with Crippen molar-refractivity contribution in [3.63, 3.8) is 0 Å². The van der Waals surface area contributed by atoms with Gasteiger partial charge < -0.3 is 5.32 Å². The first-order chi connectivity index (χ1) is 11.6. The molecule has 2 aromatic heterocycles. The SMILES string of the molecule is Cc1ccc(NC(=O)Cn2nc(C)c3c(C4CC4)ccnc32)cc1. The van der Waals surface area contributed by atoms with E-state index in [1.807, 2.05) is 44.3 Å². The van der Waals surface area contributed by atoms with Crippen LogP contribution in [0.2, 0.25) is 0 Å². The van der Waals surface area contributed by atoms with Gasteiger partial charge in [0.15, 0.2) is 5.65 Å². The van der Waals surface area contributed by atoms with E-state index in [1.165, 1.54) is 24.0 Å². The molecule has 0 atom stereocenters. The highest BCUT2D eigenvalue weighted by atomic mass is 16.2. The maximum absolute atomic E-state index is 12.4. The molecule has 0 bridgehead atoms. The van der Waals surface area contributed by atoms with Gasteiger partial charge in [0.2, 0.25) is 5.91 Å². The Morgan fingerprint density at radius 2 is 1.96 bits per heavy atom. The van der Waals surface area contributed by atoms with Crippen molar-refractivity contribution in [3.05, 3.63) is 53.3 Å². The van der Waals surface area contributed by atoms with Crippen LogP contribution in [0.5, 0.6) is 0 Å². The summed E-state index contributed by atoms with van der Waals surface area (Å²) in [5.41, 5.74) is 5.03. The summed E-state index contributed by atoms with van der Waals surface area (Å²) >= 11 is 0. The molecule has 5 heteroatoms. The first-order valence-electron chi connectivity index (χ1n) is 8.30. The Morgan fingerprint density at radius 1 is 1.21 bits per heavy atom. The third kappa shape index (κ3) is 2.77. The van der Waals surface area contributed by atoms with Crippen molar-refractivity contribution in [3.8, 4) is 0 Å². The molecule has 1 N–H and O–H groups in total. The lowest BCUT2D eigenvalue weighted by Crippen LogP contribution is -2.19. The fourth-order valence-electron chi connectivity index (χ4n) is 3.13. The van der Waals surface area contributed by atoms with E-state index in [0.29, 0.717) is 5.92 Å². The zero-order valence-electron chi connectivity index (χ0n) is 13.9. The Hall–Kier alpha value is -2.69. The molecule has 1 aliphatic rings. The third-order valence-corrected chi connectivity index (χ3v) is 4.49. The number of aryl methyl sites for hydroxylation is 2. The largest absolute Gasteiger partial charge is 0.324 e. The fraction of sp³-hybridized carbons (Fsp3) is 0.316. The van der Waals surface area contributed by atoms with E-state index >= 15 is 0 Å². The summed E-state index contributed by atoms with van der Waals surface area (Å²) in [7, 11) is 0. The molecule has 122 valence electrons. The molecule has 1 amide bonds. The van der Waals surface area contributed by atoms with Crippen LogP contribution in [0.15, 0.2) is 36.5 Å². The number of fused-ring (bicyclic) bond motifs is 1. The predicted octanol–water partition coefficient (Wildman–Crippen LogP) is 3.56. The Morgan fingerprint density at radius 3 is 2.67 bits per heavy atom. The minimum atomic E-state index is -0.0955. The number of aromatic nitrogens is 3. The van der Waals surface area contributed by atoms with Gasteiger partial charge in [0.25, 0.3) is 0 Å². The average Bonchev–Trinajstić information content (AvgIpc) is 3.36. The monoisotopic (exact) mass is 320 g/mol. The van der Waals surface area contributed by atoms with Crippen LogP contribution >= 0.6 is 0 Å². The molecular formula is C19H20N4O. The van der Waals surface area contributed by atoms with E-state index < -0.39 is 0 Å². The van der Waals surface area contributed by atoms with Crippen LogP contribution in [0, 0.1) is 13.8 Å². The summed E-state index contributed by atoms with van der Waals surface area (Å²) in [4.78, 5) is 16.8. The molecular weight excluding hydrogens is 300 g/mol. The summed E-state index contributed by atoms with van der Waals surface area (Å²) in [5.74, 6) is 0.537. The van der Waals surface area contributed by atoms with Gasteiger partial charge in [0.05, 0.1) is 5.69 Å². The van der Waals surface area contributed by atoms with E-state index in [4.69, 9.17) is 0 Å². The van der Waals surface area contributed by atoms with Crippen molar-refractivity contribution in [2.45, 2.75) is 39.2 Å². The van der Waals surface area contributed by atoms with Gasteiger partial charge in [-0.05, 0) is 56.4 Å². The summed E-state index contributed by atoms with van der Waals surface area (Å²) in [6, 6.07) is 9.86. The molecule has 3 aromatic rings. The smallest absolute Gasteiger partial charge is 0.246 e. The maximum atomic E-state index is 12.4. The first kappa shape index (κ1) is 14.9. The molecule has 0 radical (unpaired) electrons. The predicted molar refractivity (Wildman–Crippen MR) is 94.0 cm³/mol. The minimum absolute atomic E-state index is 0.0955. The summed E-state index contributed by atoms with van der Waals surface area (Å²) < 4.78 is 1.71. The van der Waals surface area contributed by atoms with Gasteiger partial charge in [-0.2, -0.15) is 5.10 Å². The third-order valence-electron chi connectivity index (χ3n) is 4.49. The molecule has 0 spiro atoms. The molecule has 0 saturated heterocycles. The van der Waals surface area contributed by atoms with Crippen molar-refractivity contribution < 1.29 is 4.79 Å². The number of benzene rings is 1. The van der Waals surface area contributed by atoms with E-state index in [-0.39, 0.29) is 12.5 Å². The van der Waals surface area contributed by atoms with Gasteiger partial charge in [-0.25, -0.2) is 9.67 Å². The van der Waals surface area contributed by atoms with Crippen LogP contribution in [0.1, 0.15) is 35.6 Å². The number of carbonyl (C=O) groups excluding carboxylic acids is 1. The Kier molecular flexibility index (Phi) is 3.56. The summed E-state index contributed by atoms with van der Waals surface area (Å²) in [6.45, 7) is 4.18. The van der Waals surface area contributed by atoms with E-state index in [0.717, 1.165) is 22.4 Å². The van der Waals surface area contributed by atoms with Crippen LogP contribution in [-0.4, -0.2) is 20.7 Å². The van der Waals surface area contributed by atoms with Crippen LogP contribution in [0.25, 0.3) is 11.0 Å². The van der Waals surface area contributed by atoms with Crippen LogP contribution in [0.4, 0.5) is 5.69 Å². The van der Waals surface area contributed by atoms with Gasteiger partial charge in [0, 0.05) is 17.3 Å². The van der Waals surface area contributed by atoms with E-state index in [2.05, 4.69) is 21.5 Å². The summed E-state index contributed by atoms with van der Waals surface area (Å²) in [6.07, 6.45) is 4.29.